The van der Waals surface area contributed by atoms with Gasteiger partial charge in [-0.15, -0.1) is 0 Å². The van der Waals surface area contributed by atoms with Gasteiger partial charge in [-0.3, -0.25) is 4.79 Å². The molecule has 3 aromatic carbocycles. The molecular weight excluding hydrogens is 538 g/mol. The molecule has 5 rings (SSSR count). The number of carboxylic acids is 1. The molecule has 1 amide bonds. The number of amides is 1. The van der Waals surface area contributed by atoms with Crippen LogP contribution in [0.4, 0.5) is 0 Å². The number of furan rings is 1. The van der Waals surface area contributed by atoms with Crippen molar-refractivity contribution in [2.45, 2.75) is 25.8 Å². The molecule has 0 saturated heterocycles. The third-order valence-electron chi connectivity index (χ3n) is 6.39. The summed E-state index contributed by atoms with van der Waals surface area (Å²) < 4.78 is 12.2. The number of nitrogens with one attached hydrogen (secondary N) is 1. The van der Waals surface area contributed by atoms with Gasteiger partial charge in [-0.1, -0.05) is 58.4 Å². The summed E-state index contributed by atoms with van der Waals surface area (Å²) in [6.07, 6.45) is 1.49. The zero-order valence-electron chi connectivity index (χ0n) is 19.8. The van der Waals surface area contributed by atoms with E-state index in [0.29, 0.717) is 22.1 Å². The number of halogens is 1. The van der Waals surface area contributed by atoms with E-state index in [0.717, 1.165) is 26.5 Å². The number of carbonyl (C=O) groups is 2. The van der Waals surface area contributed by atoms with Gasteiger partial charge in [0, 0.05) is 33.3 Å². The van der Waals surface area contributed by atoms with Gasteiger partial charge < -0.3 is 19.3 Å². The predicted octanol–water partition coefficient (Wildman–Crippen LogP) is 5.63. The Hall–Kier alpha value is -4.17. The van der Waals surface area contributed by atoms with Crippen LogP contribution in [0.15, 0.2) is 91.1 Å². The molecule has 7 nitrogen and oxygen atoms in total. The van der Waals surface area contributed by atoms with Crippen LogP contribution in [-0.2, 0) is 22.4 Å². The highest BCUT2D eigenvalue weighted by Gasteiger charge is 2.23. The molecule has 37 heavy (non-hydrogen) atoms. The normalized spacial score (nSPS) is 12.1. The lowest BCUT2D eigenvalue weighted by molar-refractivity contribution is -0.141. The second kappa shape index (κ2) is 10.1. The summed E-state index contributed by atoms with van der Waals surface area (Å²) in [5.41, 5.74) is 3.69. The quantitative estimate of drug-likeness (QED) is 0.250. The van der Waals surface area contributed by atoms with Gasteiger partial charge in [-0.25, -0.2) is 9.59 Å². The van der Waals surface area contributed by atoms with Gasteiger partial charge in [0.25, 0.3) is 0 Å². The number of hydrogen-bond donors (Lipinski definition) is 2. The highest BCUT2D eigenvalue weighted by Crippen LogP contribution is 2.35. The maximum atomic E-state index is 12.8. The number of fused-ring (bicyclic) bond motifs is 2. The molecule has 0 unspecified atom stereocenters. The summed E-state index contributed by atoms with van der Waals surface area (Å²) in [6, 6.07) is 19.3. The molecule has 0 radical (unpaired) electrons. The van der Waals surface area contributed by atoms with Crippen LogP contribution in [0.25, 0.3) is 33.1 Å². The molecule has 1 atom stereocenters. The summed E-state index contributed by atoms with van der Waals surface area (Å²) in [5, 5.41) is 13.7. The third-order valence-corrected chi connectivity index (χ3v) is 6.92. The van der Waals surface area contributed by atoms with Crippen molar-refractivity contribution >= 4 is 49.7 Å². The Labute approximate surface area is 219 Å². The first kappa shape index (κ1) is 24.5. The second-order valence-corrected chi connectivity index (χ2v) is 9.73. The molecule has 8 heteroatoms. The van der Waals surface area contributed by atoms with Gasteiger partial charge in [0.05, 0.1) is 18.2 Å². The summed E-state index contributed by atoms with van der Waals surface area (Å²) >= 11 is 3.44. The molecule has 0 aliphatic rings. The average Bonchev–Trinajstić information content (AvgIpc) is 3.29. The number of hydrogen-bond acceptors (Lipinski definition) is 5. The Morgan fingerprint density at radius 1 is 1.00 bits per heavy atom. The van der Waals surface area contributed by atoms with Gasteiger partial charge in [-0.2, -0.15) is 0 Å². The standard InChI is InChI=1S/C29H22BrNO6/c1-16-20-12-22-23(18-7-9-19(30)10-8-18)15-36-25(22)14-26(20)37-29(35)21(16)13-27(32)31-24(28(33)34)11-17-5-3-2-4-6-17/h2-10,12,14-15,24H,11,13H2,1H3,(H,31,32)(H,33,34)/t24-/m1/s1. The Balaban J connectivity index is 1.46. The molecule has 0 aliphatic heterocycles. The first-order chi connectivity index (χ1) is 17.8. The third kappa shape index (κ3) is 5.06. The monoisotopic (exact) mass is 559 g/mol. The molecular formula is C29H22BrNO6. The van der Waals surface area contributed by atoms with Crippen molar-refractivity contribution in [2.75, 3.05) is 0 Å². The van der Waals surface area contributed by atoms with Crippen LogP contribution in [-0.4, -0.2) is 23.0 Å². The molecule has 0 aliphatic carbocycles. The van der Waals surface area contributed by atoms with Gasteiger partial charge in [0.2, 0.25) is 5.91 Å². The molecule has 5 aromatic rings. The van der Waals surface area contributed by atoms with Crippen molar-refractivity contribution < 1.29 is 23.5 Å². The van der Waals surface area contributed by atoms with Gasteiger partial charge >= 0.3 is 11.6 Å². The van der Waals surface area contributed by atoms with Crippen molar-refractivity contribution in [1.82, 2.24) is 5.32 Å². The van der Waals surface area contributed by atoms with Gasteiger partial charge in [0.1, 0.15) is 17.2 Å². The van der Waals surface area contributed by atoms with Crippen LogP contribution in [0.1, 0.15) is 16.7 Å². The maximum absolute atomic E-state index is 12.8. The minimum Gasteiger partial charge on any atom is -0.480 e. The van der Waals surface area contributed by atoms with Crippen LogP contribution >= 0.6 is 15.9 Å². The fourth-order valence-corrected chi connectivity index (χ4v) is 4.69. The molecule has 0 bridgehead atoms. The van der Waals surface area contributed by atoms with E-state index < -0.39 is 23.5 Å². The van der Waals surface area contributed by atoms with Crippen LogP contribution in [0.5, 0.6) is 0 Å². The van der Waals surface area contributed by atoms with Crippen LogP contribution < -0.4 is 10.9 Å². The van der Waals surface area contributed by atoms with E-state index in [1.165, 1.54) is 0 Å². The number of aryl methyl sites for hydroxylation is 1. The molecule has 2 aromatic heterocycles. The number of carboxylic acid groups (broad SMARTS) is 1. The number of rotatable bonds is 7. The van der Waals surface area contributed by atoms with E-state index in [9.17, 15) is 19.5 Å². The van der Waals surface area contributed by atoms with E-state index in [1.807, 2.05) is 36.4 Å². The smallest absolute Gasteiger partial charge is 0.340 e. The van der Waals surface area contributed by atoms with Crippen molar-refractivity contribution in [3.63, 3.8) is 0 Å². The van der Waals surface area contributed by atoms with Gasteiger partial charge in [0.15, 0.2) is 0 Å². The zero-order valence-corrected chi connectivity index (χ0v) is 21.4. The SMILES string of the molecule is Cc1c(CC(=O)N[C@H](Cc2ccccc2)C(=O)O)c(=O)oc2cc3occ(-c4ccc(Br)cc4)c3cc12. The lowest BCUT2D eigenvalue weighted by Gasteiger charge is -2.15. The largest absolute Gasteiger partial charge is 0.480 e. The fourth-order valence-electron chi connectivity index (χ4n) is 4.42. The average molecular weight is 560 g/mol. The van der Waals surface area contributed by atoms with E-state index in [2.05, 4.69) is 21.2 Å². The van der Waals surface area contributed by atoms with E-state index >= 15 is 0 Å². The lowest BCUT2D eigenvalue weighted by Crippen LogP contribution is -2.43. The van der Waals surface area contributed by atoms with Gasteiger partial charge in [-0.05, 0) is 41.8 Å². The summed E-state index contributed by atoms with van der Waals surface area (Å²) in [6.45, 7) is 1.76. The summed E-state index contributed by atoms with van der Waals surface area (Å²) in [4.78, 5) is 37.4. The van der Waals surface area contributed by atoms with Crippen molar-refractivity contribution in [2.24, 2.45) is 0 Å². The summed E-state index contributed by atoms with van der Waals surface area (Å²) in [5.74, 6) is -1.72. The molecule has 2 N–H and O–H groups in total. The first-order valence-electron chi connectivity index (χ1n) is 11.6. The minimum atomic E-state index is -1.15. The highest BCUT2D eigenvalue weighted by atomic mass is 79.9. The Kier molecular flexibility index (Phi) is 6.67. The summed E-state index contributed by atoms with van der Waals surface area (Å²) in [7, 11) is 0. The molecule has 0 spiro atoms. The molecule has 0 fully saturated rings. The first-order valence-corrected chi connectivity index (χ1v) is 12.4. The molecule has 0 saturated carbocycles. The number of benzene rings is 3. The van der Waals surface area contributed by atoms with Crippen LogP contribution in [0.3, 0.4) is 0 Å². The Bertz CT molecular complexity index is 1690. The van der Waals surface area contributed by atoms with Crippen molar-refractivity contribution in [3.8, 4) is 11.1 Å². The Morgan fingerprint density at radius 3 is 2.43 bits per heavy atom. The fraction of sp³-hybridized carbons (Fsp3) is 0.138. The predicted molar refractivity (Wildman–Crippen MR) is 144 cm³/mol. The number of aliphatic carboxylic acids is 1. The Morgan fingerprint density at radius 2 is 1.73 bits per heavy atom. The molecule has 2 heterocycles. The zero-order chi connectivity index (χ0) is 26.1. The second-order valence-electron chi connectivity index (χ2n) is 8.82. The van der Waals surface area contributed by atoms with Crippen LogP contribution in [0.2, 0.25) is 0 Å². The van der Waals surface area contributed by atoms with Crippen molar-refractivity contribution in [3.05, 3.63) is 105 Å². The maximum Gasteiger partial charge on any atom is 0.340 e. The number of carbonyl (C=O) groups excluding carboxylic acids is 1. The van der Waals surface area contributed by atoms with E-state index in [1.54, 1.807) is 43.5 Å². The topological polar surface area (TPSA) is 110 Å². The van der Waals surface area contributed by atoms with Crippen molar-refractivity contribution in [1.29, 1.82) is 0 Å². The van der Waals surface area contributed by atoms with E-state index in [-0.39, 0.29) is 18.4 Å². The van der Waals surface area contributed by atoms with Crippen LogP contribution in [0, 0.1) is 6.92 Å². The molecule has 186 valence electrons. The lowest BCUT2D eigenvalue weighted by atomic mass is 9.99. The highest BCUT2D eigenvalue weighted by molar-refractivity contribution is 9.10. The van der Waals surface area contributed by atoms with E-state index in [4.69, 9.17) is 8.83 Å². The minimum absolute atomic E-state index is 0.129.